The third kappa shape index (κ3) is 3.31. The molecule has 1 fully saturated rings. The Labute approximate surface area is 120 Å². The summed E-state index contributed by atoms with van der Waals surface area (Å²) in [6.07, 6.45) is 2.81. The van der Waals surface area contributed by atoms with E-state index in [0.29, 0.717) is 6.61 Å². The molecule has 1 saturated heterocycles. The van der Waals surface area contributed by atoms with Crippen LogP contribution in [0.1, 0.15) is 44.7 Å². The van der Waals surface area contributed by atoms with Crippen LogP contribution in [0.4, 0.5) is 0 Å². The van der Waals surface area contributed by atoms with Crippen molar-refractivity contribution in [2.75, 3.05) is 13.2 Å². The number of ether oxygens (including phenoxy) is 1. The van der Waals surface area contributed by atoms with Gasteiger partial charge < -0.3 is 9.84 Å². The molecule has 0 spiro atoms. The number of carboxylic acid groups (broad SMARTS) is 1. The van der Waals surface area contributed by atoms with Crippen LogP contribution in [0.15, 0.2) is 24.3 Å². The number of carboxylic acids is 1. The predicted octanol–water partition coefficient (Wildman–Crippen LogP) is 3.09. The number of rotatable bonds is 5. The summed E-state index contributed by atoms with van der Waals surface area (Å²) in [6.45, 7) is 5.52. The summed E-state index contributed by atoms with van der Waals surface area (Å²) in [7, 11) is 0. The zero-order valence-electron chi connectivity index (χ0n) is 12.2. The van der Waals surface area contributed by atoms with Gasteiger partial charge in [-0.05, 0) is 50.9 Å². The maximum absolute atomic E-state index is 11.4. The Kier molecular flexibility index (Phi) is 5.01. The van der Waals surface area contributed by atoms with E-state index in [9.17, 15) is 9.90 Å². The minimum absolute atomic E-state index is 0.0943. The van der Waals surface area contributed by atoms with E-state index in [1.807, 2.05) is 31.2 Å². The molecule has 1 aromatic carbocycles. The molecule has 110 valence electrons. The first kappa shape index (κ1) is 14.9. The molecule has 2 unspecified atom stereocenters. The standard InChI is InChI=1S/C16H23NO3/c1-3-20-14-8-6-7-13(11-14)12(2)17-10-5-4-9-15(17)16(18)19/h6-8,11-12,15H,3-5,9-10H2,1-2H3,(H,18,19). The van der Waals surface area contributed by atoms with Gasteiger partial charge in [0.2, 0.25) is 0 Å². The van der Waals surface area contributed by atoms with Crippen LogP contribution in [-0.4, -0.2) is 35.2 Å². The Morgan fingerprint density at radius 3 is 3.00 bits per heavy atom. The quantitative estimate of drug-likeness (QED) is 0.898. The summed E-state index contributed by atoms with van der Waals surface area (Å²) in [5.41, 5.74) is 1.11. The maximum atomic E-state index is 11.4. The molecule has 0 bridgehead atoms. The number of aliphatic carboxylic acids is 1. The second-order valence-corrected chi connectivity index (χ2v) is 5.27. The van der Waals surface area contributed by atoms with E-state index >= 15 is 0 Å². The van der Waals surface area contributed by atoms with Crippen LogP contribution in [0.3, 0.4) is 0 Å². The van der Waals surface area contributed by atoms with Gasteiger partial charge in [-0.15, -0.1) is 0 Å². The molecule has 1 aliphatic rings. The average molecular weight is 277 g/mol. The lowest BCUT2D eigenvalue weighted by Gasteiger charge is -2.37. The Balaban J connectivity index is 2.18. The van der Waals surface area contributed by atoms with Crippen molar-refractivity contribution in [1.82, 2.24) is 4.90 Å². The first-order valence-corrected chi connectivity index (χ1v) is 7.34. The van der Waals surface area contributed by atoms with Gasteiger partial charge >= 0.3 is 5.97 Å². The normalized spacial score (nSPS) is 21.4. The summed E-state index contributed by atoms with van der Waals surface area (Å²) in [5, 5.41) is 9.38. The highest BCUT2D eigenvalue weighted by Gasteiger charge is 2.32. The number of carbonyl (C=O) groups is 1. The minimum atomic E-state index is -0.711. The van der Waals surface area contributed by atoms with Gasteiger partial charge in [-0.2, -0.15) is 0 Å². The van der Waals surface area contributed by atoms with E-state index in [-0.39, 0.29) is 12.1 Å². The van der Waals surface area contributed by atoms with Gasteiger partial charge in [0, 0.05) is 6.04 Å². The first-order chi connectivity index (χ1) is 9.63. The molecule has 1 aromatic rings. The number of piperidine rings is 1. The number of hydrogen-bond donors (Lipinski definition) is 1. The lowest BCUT2D eigenvalue weighted by molar-refractivity contribution is -0.145. The van der Waals surface area contributed by atoms with Gasteiger partial charge in [0.25, 0.3) is 0 Å². The highest BCUT2D eigenvalue weighted by molar-refractivity contribution is 5.73. The van der Waals surface area contributed by atoms with Crippen molar-refractivity contribution >= 4 is 5.97 Å². The molecular formula is C16H23NO3. The van der Waals surface area contributed by atoms with Crippen molar-refractivity contribution in [3.63, 3.8) is 0 Å². The van der Waals surface area contributed by atoms with E-state index in [1.165, 1.54) is 0 Å². The smallest absolute Gasteiger partial charge is 0.320 e. The topological polar surface area (TPSA) is 49.8 Å². The molecule has 1 N–H and O–H groups in total. The fourth-order valence-electron chi connectivity index (χ4n) is 2.90. The summed E-state index contributed by atoms with van der Waals surface area (Å²) in [5.74, 6) is 0.137. The average Bonchev–Trinajstić information content (AvgIpc) is 2.47. The van der Waals surface area contributed by atoms with E-state index in [0.717, 1.165) is 37.1 Å². The first-order valence-electron chi connectivity index (χ1n) is 7.34. The predicted molar refractivity (Wildman–Crippen MR) is 78.0 cm³/mol. The van der Waals surface area contributed by atoms with Crippen molar-refractivity contribution in [3.8, 4) is 5.75 Å². The fourth-order valence-corrected chi connectivity index (χ4v) is 2.90. The lowest BCUT2D eigenvalue weighted by Crippen LogP contribution is -2.45. The Morgan fingerprint density at radius 1 is 1.50 bits per heavy atom. The van der Waals surface area contributed by atoms with Crippen LogP contribution in [0.2, 0.25) is 0 Å². The van der Waals surface area contributed by atoms with Crippen molar-refractivity contribution in [1.29, 1.82) is 0 Å². The fraction of sp³-hybridized carbons (Fsp3) is 0.562. The van der Waals surface area contributed by atoms with Gasteiger partial charge in [0.05, 0.1) is 6.61 Å². The second-order valence-electron chi connectivity index (χ2n) is 5.27. The molecule has 2 rings (SSSR count). The second kappa shape index (κ2) is 6.75. The van der Waals surface area contributed by atoms with Crippen molar-refractivity contribution in [2.45, 2.75) is 45.2 Å². The Bertz CT molecular complexity index is 461. The summed E-state index contributed by atoms with van der Waals surface area (Å²) >= 11 is 0. The highest BCUT2D eigenvalue weighted by atomic mass is 16.5. The van der Waals surface area contributed by atoms with Crippen molar-refractivity contribution < 1.29 is 14.6 Å². The van der Waals surface area contributed by atoms with Crippen LogP contribution in [-0.2, 0) is 4.79 Å². The third-order valence-corrected chi connectivity index (χ3v) is 3.98. The van der Waals surface area contributed by atoms with Gasteiger partial charge in [-0.3, -0.25) is 9.69 Å². The number of nitrogens with zero attached hydrogens (tertiary/aromatic N) is 1. The Morgan fingerprint density at radius 2 is 2.30 bits per heavy atom. The molecule has 20 heavy (non-hydrogen) atoms. The minimum Gasteiger partial charge on any atom is -0.494 e. The van der Waals surface area contributed by atoms with Crippen molar-refractivity contribution in [3.05, 3.63) is 29.8 Å². The summed E-state index contributed by atoms with van der Waals surface area (Å²) in [4.78, 5) is 13.5. The van der Waals surface area contributed by atoms with Gasteiger partial charge in [0.15, 0.2) is 0 Å². The number of benzene rings is 1. The van der Waals surface area contributed by atoms with Crippen LogP contribution >= 0.6 is 0 Å². The van der Waals surface area contributed by atoms with Crippen molar-refractivity contribution in [2.24, 2.45) is 0 Å². The zero-order valence-corrected chi connectivity index (χ0v) is 12.2. The molecule has 0 aromatic heterocycles. The number of likely N-dealkylation sites (tertiary alicyclic amines) is 1. The van der Waals surface area contributed by atoms with Gasteiger partial charge in [-0.25, -0.2) is 0 Å². The van der Waals surface area contributed by atoms with Gasteiger partial charge in [0.1, 0.15) is 11.8 Å². The summed E-state index contributed by atoms with van der Waals surface area (Å²) in [6, 6.07) is 7.69. The molecule has 1 heterocycles. The van der Waals surface area contributed by atoms with E-state index in [4.69, 9.17) is 4.74 Å². The largest absolute Gasteiger partial charge is 0.494 e. The Hall–Kier alpha value is -1.55. The monoisotopic (exact) mass is 277 g/mol. The summed E-state index contributed by atoms with van der Waals surface area (Å²) < 4.78 is 5.52. The van der Waals surface area contributed by atoms with E-state index in [1.54, 1.807) is 0 Å². The van der Waals surface area contributed by atoms with Crippen LogP contribution < -0.4 is 4.74 Å². The lowest BCUT2D eigenvalue weighted by atomic mass is 9.97. The SMILES string of the molecule is CCOc1cccc(C(C)N2CCCCC2C(=O)O)c1. The molecule has 0 saturated carbocycles. The molecule has 0 amide bonds. The van der Waals surface area contributed by atoms with E-state index < -0.39 is 5.97 Å². The molecular weight excluding hydrogens is 254 g/mol. The molecule has 1 aliphatic heterocycles. The van der Waals surface area contributed by atoms with Crippen LogP contribution in [0, 0.1) is 0 Å². The molecule has 2 atom stereocenters. The zero-order chi connectivity index (χ0) is 14.5. The van der Waals surface area contributed by atoms with Gasteiger partial charge in [-0.1, -0.05) is 18.6 Å². The van der Waals surface area contributed by atoms with Crippen LogP contribution in [0.25, 0.3) is 0 Å². The molecule has 0 aliphatic carbocycles. The molecule has 4 heteroatoms. The maximum Gasteiger partial charge on any atom is 0.320 e. The third-order valence-electron chi connectivity index (χ3n) is 3.98. The number of hydrogen-bond acceptors (Lipinski definition) is 3. The highest BCUT2D eigenvalue weighted by Crippen LogP contribution is 2.30. The van der Waals surface area contributed by atoms with E-state index in [2.05, 4.69) is 11.8 Å². The molecule has 4 nitrogen and oxygen atoms in total. The van der Waals surface area contributed by atoms with Crippen LogP contribution in [0.5, 0.6) is 5.75 Å². The molecule has 0 radical (unpaired) electrons.